The number of phenols is 1. The van der Waals surface area contributed by atoms with Gasteiger partial charge in [0.15, 0.2) is 5.82 Å². The molecule has 3 aliphatic rings. The average molecular weight is 609 g/mol. The molecule has 0 unspecified atom stereocenters. The van der Waals surface area contributed by atoms with Crippen LogP contribution in [0.5, 0.6) is 17.6 Å². The predicted octanol–water partition coefficient (Wildman–Crippen LogP) is 5.81. The molecule has 2 fully saturated rings. The number of aliphatic hydroxyl groups is 1. The molecule has 8 nitrogen and oxygen atoms in total. The van der Waals surface area contributed by atoms with Crippen molar-refractivity contribution in [1.29, 1.82) is 0 Å². The van der Waals surface area contributed by atoms with Crippen LogP contribution in [0.3, 0.4) is 0 Å². The first kappa shape index (κ1) is 29.0. The fourth-order valence-electron chi connectivity index (χ4n) is 7.34. The molecule has 0 bridgehead atoms. The second-order valence-corrected chi connectivity index (χ2v) is 12.9. The topological polar surface area (TPSA) is 101 Å². The summed E-state index contributed by atoms with van der Waals surface area (Å²) >= 11 is 0. The molecule has 0 saturated carbocycles. The molecule has 7 rings (SSSR count). The minimum Gasteiger partial charge on any atom is -0.508 e. The molecule has 4 aromatic rings. The molecular formula is C33H35F3N4O4. The Balaban J connectivity index is 1.42. The van der Waals surface area contributed by atoms with Gasteiger partial charge in [-0.2, -0.15) is 9.97 Å². The van der Waals surface area contributed by atoms with Crippen LogP contribution in [0.4, 0.5) is 13.2 Å². The molecule has 11 heteroatoms. The number of fused-ring (bicyclic) bond motifs is 2. The molecule has 0 radical (unpaired) electrons. The maximum Gasteiger partial charge on any atom is 0.320 e. The highest BCUT2D eigenvalue weighted by atomic mass is 19.1. The number of alkyl halides is 1. The van der Waals surface area contributed by atoms with Crippen LogP contribution in [0.1, 0.15) is 57.7 Å². The minimum atomic E-state index is -1.25. The van der Waals surface area contributed by atoms with Crippen molar-refractivity contribution in [3.05, 3.63) is 47.2 Å². The Morgan fingerprint density at radius 1 is 1.16 bits per heavy atom. The van der Waals surface area contributed by atoms with Crippen molar-refractivity contribution in [2.75, 3.05) is 19.7 Å². The van der Waals surface area contributed by atoms with E-state index in [0.717, 1.165) is 19.4 Å². The fourth-order valence-corrected chi connectivity index (χ4v) is 7.34. The third kappa shape index (κ3) is 4.72. The van der Waals surface area contributed by atoms with E-state index in [1.807, 2.05) is 6.92 Å². The third-order valence-corrected chi connectivity index (χ3v) is 9.48. The molecule has 0 spiro atoms. The normalized spacial score (nSPS) is 23.6. The van der Waals surface area contributed by atoms with Gasteiger partial charge in [0.25, 0.3) is 0 Å². The first-order valence-electron chi connectivity index (χ1n) is 15.2. The van der Waals surface area contributed by atoms with Crippen LogP contribution in [0, 0.1) is 11.6 Å². The van der Waals surface area contributed by atoms with Gasteiger partial charge < -0.3 is 19.7 Å². The average Bonchev–Trinajstić information content (AvgIpc) is 3.42. The van der Waals surface area contributed by atoms with Crippen LogP contribution in [0.15, 0.2) is 24.3 Å². The number of aromatic hydroxyl groups is 1. The van der Waals surface area contributed by atoms with Crippen molar-refractivity contribution in [2.24, 2.45) is 0 Å². The highest BCUT2D eigenvalue weighted by molar-refractivity contribution is 6.01. The lowest BCUT2D eigenvalue weighted by molar-refractivity contribution is -0.0374. The lowest BCUT2D eigenvalue weighted by Crippen LogP contribution is -2.43. The van der Waals surface area contributed by atoms with Gasteiger partial charge in [0.05, 0.1) is 22.2 Å². The third-order valence-electron chi connectivity index (χ3n) is 9.48. The fraction of sp³-hybridized carbons (Fsp3) is 0.485. The minimum absolute atomic E-state index is 0.0409. The molecular weight excluding hydrogens is 573 g/mol. The van der Waals surface area contributed by atoms with Gasteiger partial charge in [-0.05, 0) is 87.0 Å². The van der Waals surface area contributed by atoms with Crippen LogP contribution < -0.4 is 9.47 Å². The van der Waals surface area contributed by atoms with E-state index < -0.39 is 35.1 Å². The number of aryl methyl sites for hydroxylation is 2. The number of nitrogens with zero attached hydrogens (tertiary/aromatic N) is 4. The Kier molecular flexibility index (Phi) is 6.89. The maximum atomic E-state index is 16.8. The first-order chi connectivity index (χ1) is 21.0. The number of aromatic nitrogens is 3. The van der Waals surface area contributed by atoms with E-state index in [1.165, 1.54) is 18.2 Å². The van der Waals surface area contributed by atoms with Gasteiger partial charge >= 0.3 is 6.01 Å². The molecule has 2 aromatic carbocycles. The number of benzene rings is 2. The highest BCUT2D eigenvalue weighted by Crippen LogP contribution is 2.43. The van der Waals surface area contributed by atoms with Gasteiger partial charge in [-0.25, -0.2) is 18.2 Å². The molecule has 0 aliphatic carbocycles. The zero-order chi connectivity index (χ0) is 31.0. The molecule has 3 atom stereocenters. The second-order valence-electron chi connectivity index (χ2n) is 12.9. The SMILES string of the molecule is CCc1c(F)ccc2cc(O)cc(-c3nc4c5c(nc(OC[C@@]67CCCN6C[C@H](F)C7)nc5c3F)O[C@@H](C(C)(C)O)CC4)c12. The van der Waals surface area contributed by atoms with Crippen LogP contribution in [-0.4, -0.2) is 73.2 Å². The molecule has 2 saturated heterocycles. The Morgan fingerprint density at radius 2 is 1.98 bits per heavy atom. The van der Waals surface area contributed by atoms with E-state index in [0.29, 0.717) is 54.3 Å². The van der Waals surface area contributed by atoms with E-state index in [9.17, 15) is 19.0 Å². The van der Waals surface area contributed by atoms with Crippen molar-refractivity contribution in [3.8, 4) is 28.9 Å². The Bertz CT molecular complexity index is 1800. The number of rotatable bonds is 6. The van der Waals surface area contributed by atoms with Crippen LogP contribution >= 0.6 is 0 Å². The molecule has 3 aliphatic heterocycles. The van der Waals surface area contributed by atoms with Crippen molar-refractivity contribution in [1.82, 2.24) is 19.9 Å². The Labute approximate surface area is 252 Å². The van der Waals surface area contributed by atoms with E-state index in [4.69, 9.17) is 14.5 Å². The van der Waals surface area contributed by atoms with E-state index >= 15 is 4.39 Å². The summed E-state index contributed by atoms with van der Waals surface area (Å²) in [7, 11) is 0. The summed E-state index contributed by atoms with van der Waals surface area (Å²) in [5, 5.41) is 22.7. The quantitative estimate of drug-likeness (QED) is 0.283. The number of phenolic OH excluding ortho intramolecular Hbond substituents is 1. The van der Waals surface area contributed by atoms with Crippen molar-refractivity contribution in [3.63, 3.8) is 0 Å². The van der Waals surface area contributed by atoms with Crippen molar-refractivity contribution >= 4 is 21.7 Å². The summed E-state index contributed by atoms with van der Waals surface area (Å²) in [5.74, 6) is -1.31. The van der Waals surface area contributed by atoms with Gasteiger partial charge in [0.2, 0.25) is 5.88 Å². The molecule has 2 N–H and O–H groups in total. The van der Waals surface area contributed by atoms with Gasteiger partial charge in [0, 0.05) is 18.5 Å². The number of hydrogen-bond acceptors (Lipinski definition) is 8. The molecule has 232 valence electrons. The zero-order valence-corrected chi connectivity index (χ0v) is 25.0. The number of halogens is 3. The van der Waals surface area contributed by atoms with Gasteiger partial charge in [-0.1, -0.05) is 13.0 Å². The van der Waals surface area contributed by atoms with Crippen molar-refractivity contribution < 1.29 is 32.9 Å². The molecule has 44 heavy (non-hydrogen) atoms. The smallest absolute Gasteiger partial charge is 0.320 e. The molecule has 0 amide bonds. The van der Waals surface area contributed by atoms with Crippen LogP contribution in [0.2, 0.25) is 0 Å². The van der Waals surface area contributed by atoms with Crippen LogP contribution in [-0.2, 0) is 12.8 Å². The molecule has 5 heterocycles. The summed E-state index contributed by atoms with van der Waals surface area (Å²) in [6.45, 7) is 6.35. The maximum absolute atomic E-state index is 16.8. The highest BCUT2D eigenvalue weighted by Gasteiger charge is 2.49. The number of pyridine rings is 1. The van der Waals surface area contributed by atoms with Crippen molar-refractivity contribution in [2.45, 2.75) is 82.7 Å². The predicted molar refractivity (Wildman–Crippen MR) is 159 cm³/mol. The zero-order valence-electron chi connectivity index (χ0n) is 25.0. The summed E-state index contributed by atoms with van der Waals surface area (Å²) in [6.07, 6.45) is 1.43. The summed E-state index contributed by atoms with van der Waals surface area (Å²) in [4.78, 5) is 15.9. The van der Waals surface area contributed by atoms with Crippen LogP contribution in [0.25, 0.3) is 32.9 Å². The number of ether oxygens (including phenoxy) is 2. The van der Waals surface area contributed by atoms with E-state index in [1.54, 1.807) is 19.9 Å². The van der Waals surface area contributed by atoms with Gasteiger partial charge in [-0.15, -0.1) is 0 Å². The lowest BCUT2D eigenvalue weighted by atomic mass is 9.93. The monoisotopic (exact) mass is 608 g/mol. The van der Waals surface area contributed by atoms with Gasteiger partial charge in [-0.3, -0.25) is 4.90 Å². The standard InChI is InChI=1S/C33H35F3N4O4/c1-4-20-22(35)7-6-17-12-19(41)13-21(25(17)20)28-27(36)29-26-23(37-28)8-9-24(32(2,3)42)44-30(26)39-31(38-29)43-16-33-10-5-11-40(33)15-18(34)14-33/h6-7,12-13,18,24,41-42H,4-5,8-11,14-16H2,1-3H3/t18-,24-,33+/m1/s1. The Morgan fingerprint density at radius 3 is 2.75 bits per heavy atom. The first-order valence-corrected chi connectivity index (χ1v) is 15.2. The summed E-state index contributed by atoms with van der Waals surface area (Å²) in [5.41, 5.74) is -0.848. The van der Waals surface area contributed by atoms with E-state index in [2.05, 4.69) is 14.9 Å². The summed E-state index contributed by atoms with van der Waals surface area (Å²) in [6, 6.07) is 5.65. The second kappa shape index (κ2) is 10.4. The Hall–Kier alpha value is -3.70. The lowest BCUT2D eigenvalue weighted by Gasteiger charge is -2.31. The van der Waals surface area contributed by atoms with E-state index in [-0.39, 0.29) is 46.4 Å². The van der Waals surface area contributed by atoms with Gasteiger partial charge in [0.1, 0.15) is 41.7 Å². The largest absolute Gasteiger partial charge is 0.508 e. The molecule has 2 aromatic heterocycles. The number of hydrogen-bond donors (Lipinski definition) is 2. The summed E-state index contributed by atoms with van der Waals surface area (Å²) < 4.78 is 58.5.